The summed E-state index contributed by atoms with van der Waals surface area (Å²) in [5, 5.41) is 8.91. The first-order valence-electron chi connectivity index (χ1n) is 5.85. The van der Waals surface area contributed by atoms with Crippen molar-refractivity contribution in [3.8, 4) is 0 Å². The first-order chi connectivity index (χ1) is 8.16. The fourth-order valence-electron chi connectivity index (χ4n) is 2.28. The van der Waals surface area contributed by atoms with Crippen LogP contribution in [0.4, 0.5) is 0 Å². The zero-order chi connectivity index (χ0) is 12.0. The van der Waals surface area contributed by atoms with Crippen molar-refractivity contribution in [2.75, 3.05) is 0 Å². The van der Waals surface area contributed by atoms with Crippen molar-refractivity contribution in [2.45, 2.75) is 32.1 Å². The molecule has 4 nitrogen and oxygen atoms in total. The van der Waals surface area contributed by atoms with Gasteiger partial charge in [-0.1, -0.05) is 6.07 Å². The Balaban J connectivity index is 2.22. The first kappa shape index (κ1) is 10.3. The van der Waals surface area contributed by atoms with Gasteiger partial charge in [-0.25, -0.2) is 4.98 Å². The predicted molar refractivity (Wildman–Crippen MR) is 63.2 cm³/mol. The molecule has 0 saturated heterocycles. The Hall–Kier alpha value is -1.84. The molecule has 88 valence electrons. The summed E-state index contributed by atoms with van der Waals surface area (Å²) in [6.07, 6.45) is 2.33. The topological polar surface area (TPSA) is 54.6 Å². The number of imidazole rings is 1. The molecular formula is C13H14N2O2. The molecule has 2 aromatic heterocycles. The lowest BCUT2D eigenvalue weighted by Gasteiger charge is -2.03. The molecule has 3 rings (SSSR count). The molecule has 1 aliphatic carbocycles. The van der Waals surface area contributed by atoms with E-state index in [0.717, 1.165) is 17.0 Å². The van der Waals surface area contributed by atoms with Crippen LogP contribution in [0.2, 0.25) is 0 Å². The monoisotopic (exact) mass is 230 g/mol. The number of aromatic nitrogens is 2. The molecule has 1 fully saturated rings. The van der Waals surface area contributed by atoms with Gasteiger partial charge in [-0.15, -0.1) is 0 Å². The van der Waals surface area contributed by atoms with Gasteiger partial charge >= 0.3 is 5.97 Å². The first-order valence-corrected chi connectivity index (χ1v) is 5.85. The molecule has 0 atom stereocenters. The zero-order valence-corrected chi connectivity index (χ0v) is 9.68. The van der Waals surface area contributed by atoms with Crippen LogP contribution in [0.5, 0.6) is 0 Å². The second kappa shape index (κ2) is 3.58. The summed E-state index contributed by atoms with van der Waals surface area (Å²) in [6.45, 7) is 2.03. The van der Waals surface area contributed by atoms with Crippen LogP contribution in [-0.2, 0) is 11.2 Å². The second-order valence-corrected chi connectivity index (χ2v) is 4.65. The summed E-state index contributed by atoms with van der Waals surface area (Å²) in [4.78, 5) is 15.4. The van der Waals surface area contributed by atoms with E-state index in [2.05, 4.69) is 9.38 Å². The number of rotatable bonds is 3. The van der Waals surface area contributed by atoms with Crippen molar-refractivity contribution in [3.05, 3.63) is 35.4 Å². The number of pyridine rings is 1. The van der Waals surface area contributed by atoms with Gasteiger partial charge in [0.1, 0.15) is 5.82 Å². The highest BCUT2D eigenvalue weighted by molar-refractivity contribution is 5.73. The normalized spacial score (nSPS) is 15.4. The zero-order valence-electron chi connectivity index (χ0n) is 9.68. The summed E-state index contributed by atoms with van der Waals surface area (Å²) in [5.74, 6) is 0.731. The molecule has 0 spiro atoms. The highest BCUT2D eigenvalue weighted by Gasteiger charge is 2.29. The number of aliphatic carboxylic acids is 1. The van der Waals surface area contributed by atoms with Crippen molar-refractivity contribution in [1.82, 2.24) is 9.38 Å². The van der Waals surface area contributed by atoms with Crippen molar-refractivity contribution < 1.29 is 9.90 Å². The van der Waals surface area contributed by atoms with Crippen LogP contribution in [0, 0.1) is 6.92 Å². The summed E-state index contributed by atoms with van der Waals surface area (Å²) in [7, 11) is 0. The third-order valence-electron chi connectivity index (χ3n) is 3.22. The lowest BCUT2D eigenvalue weighted by atomic mass is 10.2. The lowest BCUT2D eigenvalue weighted by molar-refractivity contribution is -0.136. The highest BCUT2D eigenvalue weighted by Crippen LogP contribution is 2.40. The van der Waals surface area contributed by atoms with Gasteiger partial charge in [0, 0.05) is 11.6 Å². The summed E-state index contributed by atoms with van der Waals surface area (Å²) in [5.41, 5.74) is 2.74. The second-order valence-electron chi connectivity index (χ2n) is 4.65. The van der Waals surface area contributed by atoms with E-state index in [4.69, 9.17) is 5.11 Å². The van der Waals surface area contributed by atoms with Crippen LogP contribution in [0.3, 0.4) is 0 Å². The molecule has 17 heavy (non-hydrogen) atoms. The summed E-state index contributed by atoms with van der Waals surface area (Å²) >= 11 is 0. The molecule has 0 aliphatic heterocycles. The van der Waals surface area contributed by atoms with E-state index in [1.807, 2.05) is 25.1 Å². The molecule has 1 aliphatic rings. The number of carboxylic acid groups (broad SMARTS) is 1. The van der Waals surface area contributed by atoms with Crippen LogP contribution in [0.25, 0.3) is 5.52 Å². The Kier molecular flexibility index (Phi) is 2.18. The van der Waals surface area contributed by atoms with Gasteiger partial charge < -0.3 is 9.51 Å². The van der Waals surface area contributed by atoms with Gasteiger partial charge in [-0.05, 0) is 31.9 Å². The number of fused-ring (bicyclic) bond motifs is 1. The molecule has 0 radical (unpaired) electrons. The quantitative estimate of drug-likeness (QED) is 0.879. The highest BCUT2D eigenvalue weighted by atomic mass is 16.4. The number of hydrogen-bond acceptors (Lipinski definition) is 2. The average Bonchev–Trinajstić information content (AvgIpc) is 3.03. The van der Waals surface area contributed by atoms with Gasteiger partial charge in [0.25, 0.3) is 0 Å². The standard InChI is InChI=1S/C13H14N2O2/c1-8-3-2-4-11-10(7-12(16)17)14-13(15(8)11)9-5-6-9/h2-4,9H,5-7H2,1H3,(H,16,17). The maximum atomic E-state index is 10.8. The molecule has 0 unspecified atom stereocenters. The van der Waals surface area contributed by atoms with Crippen molar-refractivity contribution >= 4 is 11.5 Å². The van der Waals surface area contributed by atoms with Gasteiger partial charge in [-0.3, -0.25) is 4.79 Å². The summed E-state index contributed by atoms with van der Waals surface area (Å²) in [6, 6.07) is 5.93. The number of carbonyl (C=O) groups is 1. The Morgan fingerprint density at radius 1 is 1.53 bits per heavy atom. The van der Waals surface area contributed by atoms with Crippen molar-refractivity contribution in [1.29, 1.82) is 0 Å². The van der Waals surface area contributed by atoms with Crippen molar-refractivity contribution in [2.24, 2.45) is 0 Å². The number of carboxylic acids is 1. The van der Waals surface area contributed by atoms with Crippen molar-refractivity contribution in [3.63, 3.8) is 0 Å². The van der Waals surface area contributed by atoms with Gasteiger partial charge in [0.2, 0.25) is 0 Å². The van der Waals surface area contributed by atoms with Crippen LogP contribution < -0.4 is 0 Å². The van der Waals surface area contributed by atoms with E-state index in [0.29, 0.717) is 11.6 Å². The molecule has 2 aromatic rings. The number of hydrogen-bond donors (Lipinski definition) is 1. The van der Waals surface area contributed by atoms with Crippen LogP contribution in [0.15, 0.2) is 18.2 Å². The SMILES string of the molecule is Cc1cccc2c(CC(=O)O)nc(C3CC3)n12. The minimum absolute atomic E-state index is 0.000324. The molecule has 2 heterocycles. The maximum absolute atomic E-state index is 10.8. The van der Waals surface area contributed by atoms with E-state index in [1.54, 1.807) is 0 Å². The van der Waals surface area contributed by atoms with E-state index >= 15 is 0 Å². The number of nitrogens with zero attached hydrogens (tertiary/aromatic N) is 2. The Morgan fingerprint density at radius 2 is 2.29 bits per heavy atom. The minimum atomic E-state index is -0.825. The number of aryl methyl sites for hydroxylation is 1. The molecule has 1 N–H and O–H groups in total. The van der Waals surface area contributed by atoms with E-state index in [-0.39, 0.29) is 6.42 Å². The minimum Gasteiger partial charge on any atom is -0.481 e. The predicted octanol–water partition coefficient (Wildman–Crippen LogP) is 2.15. The smallest absolute Gasteiger partial charge is 0.309 e. The Morgan fingerprint density at radius 3 is 2.94 bits per heavy atom. The fraction of sp³-hybridized carbons (Fsp3) is 0.385. The Bertz CT molecular complexity index is 597. The third-order valence-corrected chi connectivity index (χ3v) is 3.22. The molecule has 4 heteroatoms. The van der Waals surface area contributed by atoms with Gasteiger partial charge in [0.05, 0.1) is 17.6 Å². The Labute approximate surface area is 98.9 Å². The van der Waals surface area contributed by atoms with E-state index < -0.39 is 5.97 Å². The van der Waals surface area contributed by atoms with Gasteiger partial charge in [-0.2, -0.15) is 0 Å². The molecular weight excluding hydrogens is 216 g/mol. The lowest BCUT2D eigenvalue weighted by Crippen LogP contribution is -2.00. The molecule has 0 amide bonds. The van der Waals surface area contributed by atoms with Gasteiger partial charge in [0.15, 0.2) is 0 Å². The van der Waals surface area contributed by atoms with Crippen LogP contribution in [-0.4, -0.2) is 20.5 Å². The maximum Gasteiger partial charge on any atom is 0.309 e. The van der Waals surface area contributed by atoms with Crippen LogP contribution in [0.1, 0.15) is 36.0 Å². The molecule has 0 aromatic carbocycles. The van der Waals surface area contributed by atoms with E-state index in [9.17, 15) is 4.79 Å². The average molecular weight is 230 g/mol. The molecule has 1 saturated carbocycles. The third kappa shape index (κ3) is 1.69. The summed E-state index contributed by atoms with van der Waals surface area (Å²) < 4.78 is 2.11. The van der Waals surface area contributed by atoms with Crippen LogP contribution >= 0.6 is 0 Å². The molecule has 0 bridgehead atoms. The van der Waals surface area contributed by atoms with E-state index in [1.165, 1.54) is 12.8 Å². The largest absolute Gasteiger partial charge is 0.481 e. The fourth-order valence-corrected chi connectivity index (χ4v) is 2.28.